The van der Waals surface area contributed by atoms with E-state index in [-0.39, 0.29) is 11.9 Å². The number of rotatable bonds is 2. The molecule has 1 aliphatic heterocycles. The van der Waals surface area contributed by atoms with E-state index in [0.29, 0.717) is 13.0 Å². The predicted molar refractivity (Wildman–Crippen MR) is 51.1 cm³/mol. The third-order valence-electron chi connectivity index (χ3n) is 2.92. The average Bonchev–Trinajstić information content (AvgIpc) is 2.75. The van der Waals surface area contributed by atoms with Crippen LogP contribution in [-0.4, -0.2) is 31.7 Å². The second kappa shape index (κ2) is 2.93. The summed E-state index contributed by atoms with van der Waals surface area (Å²) in [5.41, 5.74) is 0. The van der Waals surface area contributed by atoms with Crippen LogP contribution >= 0.6 is 0 Å². The van der Waals surface area contributed by atoms with Crippen LogP contribution in [0.25, 0.3) is 0 Å². The lowest BCUT2D eigenvalue weighted by molar-refractivity contribution is -0.119. The molecule has 1 saturated heterocycles. The van der Waals surface area contributed by atoms with Gasteiger partial charge in [-0.1, -0.05) is 0 Å². The van der Waals surface area contributed by atoms with Crippen LogP contribution in [-0.2, 0) is 14.8 Å². The van der Waals surface area contributed by atoms with Gasteiger partial charge < -0.3 is 5.32 Å². The molecule has 0 aromatic heterocycles. The van der Waals surface area contributed by atoms with Crippen molar-refractivity contribution in [2.75, 3.05) is 6.54 Å². The Balaban J connectivity index is 1.97. The molecule has 0 radical (unpaired) electrons. The fourth-order valence-electron chi connectivity index (χ4n) is 1.94. The van der Waals surface area contributed by atoms with E-state index >= 15 is 0 Å². The summed E-state index contributed by atoms with van der Waals surface area (Å²) in [7, 11) is -3.11. The standard InChI is InChI=1S/C8H14N2O3S/c1-6(11)9-5-7-4-8(2-3-8)14(12,13)10-7/h7,10H,2-5H2,1H3,(H,9,11). The molecule has 2 aliphatic rings. The molecule has 2 N–H and O–H groups in total. The Hall–Kier alpha value is -0.620. The van der Waals surface area contributed by atoms with Gasteiger partial charge in [-0.15, -0.1) is 0 Å². The smallest absolute Gasteiger partial charge is 0.217 e. The summed E-state index contributed by atoms with van der Waals surface area (Å²) in [6.45, 7) is 1.83. The molecule has 1 spiro atoms. The monoisotopic (exact) mass is 218 g/mol. The molecule has 14 heavy (non-hydrogen) atoms. The minimum atomic E-state index is -3.11. The molecule has 1 amide bonds. The summed E-state index contributed by atoms with van der Waals surface area (Å²) in [5.74, 6) is -0.124. The SMILES string of the molecule is CC(=O)NCC1CC2(CC2)S(=O)(=O)N1. The van der Waals surface area contributed by atoms with Crippen molar-refractivity contribution in [1.29, 1.82) is 0 Å². The lowest BCUT2D eigenvalue weighted by Crippen LogP contribution is -2.37. The summed E-state index contributed by atoms with van der Waals surface area (Å²) in [6.07, 6.45) is 2.16. The topological polar surface area (TPSA) is 75.3 Å². The van der Waals surface area contributed by atoms with Crippen LogP contribution in [0.5, 0.6) is 0 Å². The van der Waals surface area contributed by atoms with Crippen molar-refractivity contribution in [2.45, 2.75) is 37.0 Å². The van der Waals surface area contributed by atoms with Crippen LogP contribution in [0.2, 0.25) is 0 Å². The van der Waals surface area contributed by atoms with Crippen molar-refractivity contribution in [3.05, 3.63) is 0 Å². The van der Waals surface area contributed by atoms with Gasteiger partial charge in [0, 0.05) is 19.5 Å². The van der Waals surface area contributed by atoms with E-state index in [1.807, 2.05) is 0 Å². The van der Waals surface area contributed by atoms with E-state index in [1.54, 1.807) is 0 Å². The van der Waals surface area contributed by atoms with E-state index in [9.17, 15) is 13.2 Å². The molecule has 1 aliphatic carbocycles. The molecule has 0 bridgehead atoms. The number of carbonyl (C=O) groups excluding carboxylic acids is 1. The maximum absolute atomic E-state index is 11.6. The van der Waals surface area contributed by atoms with E-state index in [1.165, 1.54) is 6.92 Å². The predicted octanol–water partition coefficient (Wildman–Crippen LogP) is -0.653. The fourth-order valence-corrected chi connectivity index (χ4v) is 3.85. The quantitative estimate of drug-likeness (QED) is 0.646. The number of sulfonamides is 1. The first-order valence-corrected chi connectivity index (χ1v) is 6.20. The Morgan fingerprint density at radius 2 is 2.21 bits per heavy atom. The summed E-state index contributed by atoms with van der Waals surface area (Å²) in [6, 6.07) is -0.119. The van der Waals surface area contributed by atoms with Gasteiger partial charge in [-0.25, -0.2) is 13.1 Å². The molecule has 2 rings (SSSR count). The Labute approximate surface area is 83.3 Å². The van der Waals surface area contributed by atoms with Crippen LogP contribution in [0.15, 0.2) is 0 Å². The highest BCUT2D eigenvalue weighted by atomic mass is 32.2. The van der Waals surface area contributed by atoms with Crippen molar-refractivity contribution < 1.29 is 13.2 Å². The molecule has 80 valence electrons. The normalized spacial score (nSPS) is 31.6. The number of hydrogen-bond acceptors (Lipinski definition) is 3. The van der Waals surface area contributed by atoms with Gasteiger partial charge in [-0.05, 0) is 19.3 Å². The first kappa shape index (κ1) is 9.92. The molecular weight excluding hydrogens is 204 g/mol. The van der Waals surface area contributed by atoms with Gasteiger partial charge >= 0.3 is 0 Å². The molecule has 1 heterocycles. The third-order valence-corrected chi connectivity index (χ3v) is 5.27. The number of nitrogens with one attached hydrogen (secondary N) is 2. The first-order chi connectivity index (χ1) is 6.45. The molecule has 2 fully saturated rings. The zero-order valence-corrected chi connectivity index (χ0v) is 8.86. The minimum absolute atomic E-state index is 0.119. The minimum Gasteiger partial charge on any atom is -0.355 e. The number of hydrogen-bond donors (Lipinski definition) is 2. The van der Waals surface area contributed by atoms with Gasteiger partial charge in [-0.2, -0.15) is 0 Å². The number of amides is 1. The first-order valence-electron chi connectivity index (χ1n) is 4.72. The molecule has 0 aromatic carbocycles. The maximum atomic E-state index is 11.6. The van der Waals surface area contributed by atoms with E-state index < -0.39 is 14.8 Å². The lowest BCUT2D eigenvalue weighted by atomic mass is 10.1. The Kier molecular flexibility index (Phi) is 2.08. The molecule has 1 unspecified atom stereocenters. The Bertz CT molecular complexity index is 359. The van der Waals surface area contributed by atoms with Crippen molar-refractivity contribution in [3.8, 4) is 0 Å². The average molecular weight is 218 g/mol. The van der Waals surface area contributed by atoms with Crippen molar-refractivity contribution in [2.24, 2.45) is 0 Å². The van der Waals surface area contributed by atoms with Crippen molar-refractivity contribution >= 4 is 15.9 Å². The molecule has 5 nitrogen and oxygen atoms in total. The van der Waals surface area contributed by atoms with Crippen LogP contribution in [0.4, 0.5) is 0 Å². The van der Waals surface area contributed by atoms with Crippen LogP contribution in [0.1, 0.15) is 26.2 Å². The van der Waals surface area contributed by atoms with Crippen LogP contribution in [0, 0.1) is 0 Å². The highest BCUT2D eigenvalue weighted by Crippen LogP contribution is 2.50. The lowest BCUT2D eigenvalue weighted by Gasteiger charge is -2.08. The highest BCUT2D eigenvalue weighted by molar-refractivity contribution is 7.91. The van der Waals surface area contributed by atoms with E-state index in [2.05, 4.69) is 10.0 Å². The van der Waals surface area contributed by atoms with Gasteiger partial charge in [0.15, 0.2) is 0 Å². The number of carbonyl (C=O) groups is 1. The van der Waals surface area contributed by atoms with Crippen molar-refractivity contribution in [3.63, 3.8) is 0 Å². The highest BCUT2D eigenvalue weighted by Gasteiger charge is 2.60. The third kappa shape index (κ3) is 1.52. The fraction of sp³-hybridized carbons (Fsp3) is 0.875. The summed E-state index contributed by atoms with van der Waals surface area (Å²) in [4.78, 5) is 10.7. The van der Waals surface area contributed by atoms with Gasteiger partial charge in [0.2, 0.25) is 15.9 Å². The Morgan fingerprint density at radius 3 is 2.64 bits per heavy atom. The largest absolute Gasteiger partial charge is 0.355 e. The molecule has 1 saturated carbocycles. The molecular formula is C8H14N2O3S. The molecule has 0 aromatic rings. The zero-order valence-electron chi connectivity index (χ0n) is 8.04. The zero-order chi connectivity index (χ0) is 10.4. The van der Waals surface area contributed by atoms with Gasteiger partial charge in [0.05, 0.1) is 4.75 Å². The van der Waals surface area contributed by atoms with E-state index in [4.69, 9.17) is 0 Å². The maximum Gasteiger partial charge on any atom is 0.217 e. The second-order valence-electron chi connectivity index (χ2n) is 4.14. The summed E-state index contributed by atoms with van der Waals surface area (Å²) in [5, 5.41) is 2.62. The molecule has 6 heteroatoms. The van der Waals surface area contributed by atoms with Gasteiger partial charge in [-0.3, -0.25) is 4.79 Å². The second-order valence-corrected chi connectivity index (χ2v) is 6.25. The van der Waals surface area contributed by atoms with E-state index in [0.717, 1.165) is 12.8 Å². The van der Waals surface area contributed by atoms with Crippen LogP contribution in [0.3, 0.4) is 0 Å². The molecule has 1 atom stereocenters. The van der Waals surface area contributed by atoms with Crippen molar-refractivity contribution in [1.82, 2.24) is 10.0 Å². The Morgan fingerprint density at radius 1 is 1.57 bits per heavy atom. The summed E-state index contributed by atoms with van der Waals surface area (Å²) >= 11 is 0. The van der Waals surface area contributed by atoms with Gasteiger partial charge in [0.25, 0.3) is 0 Å². The summed E-state index contributed by atoms with van der Waals surface area (Å²) < 4.78 is 25.3. The van der Waals surface area contributed by atoms with Crippen LogP contribution < -0.4 is 10.0 Å². The van der Waals surface area contributed by atoms with Gasteiger partial charge in [0.1, 0.15) is 0 Å².